The highest BCUT2D eigenvalue weighted by atomic mass is 79.9. The highest BCUT2D eigenvalue weighted by Crippen LogP contribution is 2.26. The van der Waals surface area contributed by atoms with Crippen LogP contribution in [0.4, 0.5) is 0 Å². The van der Waals surface area contributed by atoms with Crippen molar-refractivity contribution in [2.75, 3.05) is 0 Å². The molecule has 2 atom stereocenters. The van der Waals surface area contributed by atoms with Crippen molar-refractivity contribution in [3.05, 3.63) is 56.7 Å². The van der Waals surface area contributed by atoms with Gasteiger partial charge < -0.3 is 5.32 Å². The molecule has 1 unspecified atom stereocenters. The van der Waals surface area contributed by atoms with E-state index in [1.54, 1.807) is 11.3 Å². The Bertz CT molecular complexity index is 467. The van der Waals surface area contributed by atoms with Crippen LogP contribution in [-0.2, 0) is 0 Å². The van der Waals surface area contributed by atoms with Gasteiger partial charge in [-0.2, -0.15) is 11.3 Å². The molecule has 1 heterocycles. The highest BCUT2D eigenvalue weighted by molar-refractivity contribution is 9.10. The van der Waals surface area contributed by atoms with Gasteiger partial charge >= 0.3 is 0 Å². The maximum Gasteiger partial charge on any atom is 0.0308 e. The number of halogens is 1. The Labute approximate surface area is 115 Å². The molecule has 2 aromatic rings. The Balaban J connectivity index is 2.07. The minimum Gasteiger partial charge on any atom is -0.304 e. The Morgan fingerprint density at radius 2 is 1.88 bits per heavy atom. The van der Waals surface area contributed by atoms with Crippen LogP contribution in [0.3, 0.4) is 0 Å². The van der Waals surface area contributed by atoms with Gasteiger partial charge in [0.2, 0.25) is 0 Å². The zero-order valence-corrected chi connectivity index (χ0v) is 12.4. The molecule has 0 radical (unpaired) electrons. The predicted octanol–water partition coefficient (Wildman–Crippen LogP) is 4.92. The zero-order chi connectivity index (χ0) is 12.3. The lowest BCUT2D eigenvalue weighted by Gasteiger charge is -2.20. The second-order valence-electron chi connectivity index (χ2n) is 4.19. The van der Waals surface area contributed by atoms with Gasteiger partial charge in [-0.3, -0.25) is 0 Å². The van der Waals surface area contributed by atoms with E-state index in [-0.39, 0.29) is 0 Å². The van der Waals surface area contributed by atoms with Gasteiger partial charge in [0.15, 0.2) is 0 Å². The van der Waals surface area contributed by atoms with Gasteiger partial charge in [-0.05, 0) is 47.9 Å². The number of hydrogen-bond acceptors (Lipinski definition) is 2. The average Bonchev–Trinajstić information content (AvgIpc) is 2.82. The first-order chi connectivity index (χ1) is 8.18. The Morgan fingerprint density at radius 1 is 1.12 bits per heavy atom. The standard InChI is InChI=1S/C14H16BrNS/c1-10(12-7-8-17-9-12)16-11(2)13-5-3-4-6-14(13)15/h3-11,16H,1-2H3/t10?,11-/m1/s1. The van der Waals surface area contributed by atoms with Crippen molar-refractivity contribution in [3.63, 3.8) is 0 Å². The van der Waals surface area contributed by atoms with Gasteiger partial charge in [-0.25, -0.2) is 0 Å². The molecule has 1 nitrogen and oxygen atoms in total. The second kappa shape index (κ2) is 5.80. The fourth-order valence-corrected chi connectivity index (χ4v) is 3.29. The van der Waals surface area contributed by atoms with E-state index >= 15 is 0 Å². The number of hydrogen-bond donors (Lipinski definition) is 1. The van der Waals surface area contributed by atoms with Crippen molar-refractivity contribution in [2.24, 2.45) is 0 Å². The molecular formula is C14H16BrNS. The fraction of sp³-hybridized carbons (Fsp3) is 0.286. The van der Waals surface area contributed by atoms with Crippen LogP contribution in [0.1, 0.15) is 37.1 Å². The molecule has 1 N–H and O–H groups in total. The summed E-state index contributed by atoms with van der Waals surface area (Å²) in [6.07, 6.45) is 0. The highest BCUT2D eigenvalue weighted by Gasteiger charge is 2.13. The molecule has 2 rings (SSSR count). The van der Waals surface area contributed by atoms with Crippen molar-refractivity contribution in [1.82, 2.24) is 5.32 Å². The average molecular weight is 310 g/mol. The summed E-state index contributed by atoms with van der Waals surface area (Å²) in [4.78, 5) is 0. The fourth-order valence-electron chi connectivity index (χ4n) is 1.91. The van der Waals surface area contributed by atoms with Gasteiger partial charge in [-0.1, -0.05) is 34.1 Å². The second-order valence-corrected chi connectivity index (χ2v) is 5.82. The van der Waals surface area contributed by atoms with Crippen LogP contribution >= 0.6 is 27.3 Å². The lowest BCUT2D eigenvalue weighted by atomic mass is 10.1. The van der Waals surface area contributed by atoms with Gasteiger partial charge in [0.1, 0.15) is 0 Å². The number of benzene rings is 1. The van der Waals surface area contributed by atoms with Crippen molar-refractivity contribution in [3.8, 4) is 0 Å². The smallest absolute Gasteiger partial charge is 0.0308 e. The van der Waals surface area contributed by atoms with E-state index in [9.17, 15) is 0 Å². The minimum absolute atomic E-state index is 0.334. The van der Waals surface area contributed by atoms with E-state index in [0.717, 1.165) is 4.47 Å². The van der Waals surface area contributed by atoms with E-state index in [0.29, 0.717) is 12.1 Å². The van der Waals surface area contributed by atoms with Crippen LogP contribution in [0.25, 0.3) is 0 Å². The third-order valence-corrected chi connectivity index (χ3v) is 4.34. The predicted molar refractivity (Wildman–Crippen MR) is 78.4 cm³/mol. The third kappa shape index (κ3) is 3.18. The molecule has 90 valence electrons. The first-order valence-corrected chi connectivity index (χ1v) is 7.44. The first kappa shape index (κ1) is 12.8. The van der Waals surface area contributed by atoms with Crippen LogP contribution in [0.15, 0.2) is 45.6 Å². The monoisotopic (exact) mass is 309 g/mol. The maximum atomic E-state index is 3.62. The van der Waals surface area contributed by atoms with E-state index in [4.69, 9.17) is 0 Å². The summed E-state index contributed by atoms with van der Waals surface area (Å²) in [5.74, 6) is 0. The van der Waals surface area contributed by atoms with E-state index in [1.165, 1.54) is 11.1 Å². The molecule has 0 bridgehead atoms. The van der Waals surface area contributed by atoms with Crippen LogP contribution in [0.2, 0.25) is 0 Å². The Morgan fingerprint density at radius 3 is 2.53 bits per heavy atom. The summed E-state index contributed by atoms with van der Waals surface area (Å²) in [6, 6.07) is 11.2. The largest absolute Gasteiger partial charge is 0.304 e. The lowest BCUT2D eigenvalue weighted by Crippen LogP contribution is -2.22. The lowest BCUT2D eigenvalue weighted by molar-refractivity contribution is 0.494. The van der Waals surface area contributed by atoms with Crippen molar-refractivity contribution in [2.45, 2.75) is 25.9 Å². The number of rotatable bonds is 4. The summed E-state index contributed by atoms with van der Waals surface area (Å²) < 4.78 is 1.16. The van der Waals surface area contributed by atoms with E-state index in [1.807, 2.05) is 6.07 Å². The first-order valence-electron chi connectivity index (χ1n) is 5.71. The third-order valence-electron chi connectivity index (χ3n) is 2.91. The summed E-state index contributed by atoms with van der Waals surface area (Å²) in [6.45, 7) is 4.40. The molecule has 1 aromatic carbocycles. The SMILES string of the molecule is CC(N[C@H](C)c1ccccc1Br)c1ccsc1. The molecule has 0 fully saturated rings. The Hall–Kier alpha value is -0.640. The molecule has 0 spiro atoms. The molecule has 1 aromatic heterocycles. The van der Waals surface area contributed by atoms with Gasteiger partial charge in [0.25, 0.3) is 0 Å². The molecule has 17 heavy (non-hydrogen) atoms. The summed E-state index contributed by atoms with van der Waals surface area (Å²) in [5.41, 5.74) is 2.66. The summed E-state index contributed by atoms with van der Waals surface area (Å²) >= 11 is 5.34. The van der Waals surface area contributed by atoms with Gasteiger partial charge in [0, 0.05) is 16.6 Å². The van der Waals surface area contributed by atoms with Crippen LogP contribution < -0.4 is 5.32 Å². The molecular weight excluding hydrogens is 294 g/mol. The van der Waals surface area contributed by atoms with Crippen LogP contribution in [0.5, 0.6) is 0 Å². The Kier molecular flexibility index (Phi) is 4.37. The topological polar surface area (TPSA) is 12.0 Å². The maximum absolute atomic E-state index is 3.62. The van der Waals surface area contributed by atoms with Crippen molar-refractivity contribution in [1.29, 1.82) is 0 Å². The van der Waals surface area contributed by atoms with Gasteiger partial charge in [0.05, 0.1) is 0 Å². The van der Waals surface area contributed by atoms with Crippen LogP contribution in [0, 0.1) is 0 Å². The summed E-state index contributed by atoms with van der Waals surface area (Å²) in [5, 5.41) is 7.94. The molecule has 0 aliphatic rings. The minimum atomic E-state index is 0.334. The van der Waals surface area contributed by atoms with E-state index in [2.05, 4.69) is 70.1 Å². The van der Waals surface area contributed by atoms with Crippen molar-refractivity contribution >= 4 is 27.3 Å². The quantitative estimate of drug-likeness (QED) is 0.845. The normalized spacial score (nSPS) is 14.5. The zero-order valence-electron chi connectivity index (χ0n) is 9.98. The summed E-state index contributed by atoms with van der Waals surface area (Å²) in [7, 11) is 0. The molecule has 0 amide bonds. The molecule has 0 saturated heterocycles. The molecule has 0 aliphatic heterocycles. The number of thiophene rings is 1. The van der Waals surface area contributed by atoms with Gasteiger partial charge in [-0.15, -0.1) is 0 Å². The van der Waals surface area contributed by atoms with Crippen LogP contribution in [-0.4, -0.2) is 0 Å². The molecule has 0 aliphatic carbocycles. The van der Waals surface area contributed by atoms with Crippen molar-refractivity contribution < 1.29 is 0 Å². The van der Waals surface area contributed by atoms with E-state index < -0.39 is 0 Å². The molecule has 0 saturated carbocycles. The molecule has 3 heteroatoms. The number of nitrogens with one attached hydrogen (secondary N) is 1.